The number of hydrogen-bond donors (Lipinski definition) is 2. The van der Waals surface area contributed by atoms with Crippen LogP contribution in [0.15, 0.2) is 48.5 Å². The Labute approximate surface area is 117 Å². The maximum Gasteiger partial charge on any atom is 0.138 e. The zero-order chi connectivity index (χ0) is 14.5. The lowest BCUT2D eigenvalue weighted by molar-refractivity contribution is 0.179. The smallest absolute Gasteiger partial charge is 0.138 e. The van der Waals surface area contributed by atoms with Gasteiger partial charge in [0.15, 0.2) is 0 Å². The molecule has 2 aromatic rings. The van der Waals surface area contributed by atoms with Gasteiger partial charge >= 0.3 is 0 Å². The Hall–Kier alpha value is -1.91. The van der Waals surface area contributed by atoms with Crippen molar-refractivity contribution in [1.29, 1.82) is 0 Å². The van der Waals surface area contributed by atoms with E-state index in [4.69, 9.17) is 15.6 Å². The van der Waals surface area contributed by atoms with Crippen LogP contribution in [0.25, 0.3) is 0 Å². The Morgan fingerprint density at radius 3 is 2.50 bits per heavy atom. The molecule has 0 aliphatic heterocycles. The van der Waals surface area contributed by atoms with Crippen LogP contribution in [0.5, 0.6) is 5.75 Å². The third-order valence-electron chi connectivity index (χ3n) is 3.02. The van der Waals surface area contributed by atoms with E-state index >= 15 is 0 Å². The number of aliphatic hydroxyl groups excluding tert-OH is 1. The lowest BCUT2D eigenvalue weighted by Gasteiger charge is -2.23. The van der Waals surface area contributed by atoms with Crippen LogP contribution in [0.2, 0.25) is 0 Å². The van der Waals surface area contributed by atoms with E-state index in [0.717, 1.165) is 11.1 Å². The first-order chi connectivity index (χ1) is 9.60. The van der Waals surface area contributed by atoms with Crippen molar-refractivity contribution in [3.05, 3.63) is 65.5 Å². The molecule has 2 aromatic carbocycles. The summed E-state index contributed by atoms with van der Waals surface area (Å²) in [4.78, 5) is 0. The fourth-order valence-electron chi connectivity index (χ4n) is 2.00. The number of nitrogens with two attached hydrogens (primary N) is 1. The van der Waals surface area contributed by atoms with Crippen molar-refractivity contribution in [1.82, 2.24) is 0 Å². The summed E-state index contributed by atoms with van der Waals surface area (Å²) >= 11 is 0. The van der Waals surface area contributed by atoms with E-state index in [1.165, 1.54) is 12.1 Å². The molecule has 0 saturated heterocycles. The number of benzene rings is 2. The molecular formula is C16H18FNO2. The summed E-state index contributed by atoms with van der Waals surface area (Å²) in [6.07, 6.45) is -0.371. The van der Waals surface area contributed by atoms with Crippen molar-refractivity contribution >= 4 is 0 Å². The first kappa shape index (κ1) is 14.5. The molecule has 0 spiro atoms. The van der Waals surface area contributed by atoms with Crippen molar-refractivity contribution in [3.8, 4) is 5.75 Å². The minimum atomic E-state index is -0.371. The van der Waals surface area contributed by atoms with Crippen LogP contribution in [0.3, 0.4) is 0 Å². The van der Waals surface area contributed by atoms with Crippen molar-refractivity contribution < 1.29 is 14.2 Å². The molecule has 0 bridgehead atoms. The van der Waals surface area contributed by atoms with E-state index in [0.29, 0.717) is 5.75 Å². The zero-order valence-electron chi connectivity index (χ0n) is 11.3. The van der Waals surface area contributed by atoms with Gasteiger partial charge in [-0.15, -0.1) is 0 Å². The molecule has 0 saturated carbocycles. The maximum atomic E-state index is 13.0. The molecule has 3 N–H and O–H groups in total. The molecule has 0 fully saturated rings. The molecule has 4 heteroatoms. The normalized spacial score (nSPS) is 13.8. The van der Waals surface area contributed by atoms with E-state index < -0.39 is 0 Å². The lowest BCUT2D eigenvalue weighted by Crippen LogP contribution is -2.29. The zero-order valence-corrected chi connectivity index (χ0v) is 11.3. The molecule has 2 rings (SSSR count). The van der Waals surface area contributed by atoms with E-state index in [1.807, 2.05) is 19.1 Å². The second-order valence-corrected chi connectivity index (χ2v) is 4.75. The Morgan fingerprint density at radius 1 is 1.20 bits per heavy atom. The quantitative estimate of drug-likeness (QED) is 0.882. The van der Waals surface area contributed by atoms with Crippen LogP contribution in [-0.2, 0) is 6.61 Å². The molecule has 0 aliphatic rings. The van der Waals surface area contributed by atoms with Crippen molar-refractivity contribution in [2.75, 3.05) is 0 Å². The van der Waals surface area contributed by atoms with Gasteiger partial charge in [-0.25, -0.2) is 4.39 Å². The summed E-state index contributed by atoms with van der Waals surface area (Å²) in [5.41, 5.74) is 7.54. The average molecular weight is 275 g/mol. The first-order valence-electron chi connectivity index (χ1n) is 6.47. The second kappa shape index (κ2) is 6.50. The highest BCUT2D eigenvalue weighted by Gasteiger charge is 2.18. The minimum Gasteiger partial charge on any atom is -0.484 e. The standard InChI is InChI=1S/C16H18FNO2/c1-11(18)16(13-5-7-14(17)8-6-13)20-15-4-2-3-12(9-15)10-19/h2-9,11,16,19H,10,18H2,1H3. The van der Waals surface area contributed by atoms with Crippen LogP contribution in [0.1, 0.15) is 24.2 Å². The Bertz CT molecular complexity index is 555. The van der Waals surface area contributed by atoms with Gasteiger partial charge in [0, 0.05) is 6.04 Å². The maximum absolute atomic E-state index is 13.0. The number of aliphatic hydroxyl groups is 1. The van der Waals surface area contributed by atoms with Crippen molar-refractivity contribution in [2.45, 2.75) is 25.7 Å². The van der Waals surface area contributed by atoms with Gasteiger partial charge in [-0.3, -0.25) is 0 Å². The molecule has 3 nitrogen and oxygen atoms in total. The van der Waals surface area contributed by atoms with Crippen LogP contribution >= 0.6 is 0 Å². The molecule has 0 heterocycles. The fourth-order valence-corrected chi connectivity index (χ4v) is 2.00. The topological polar surface area (TPSA) is 55.5 Å². The van der Waals surface area contributed by atoms with Gasteiger partial charge in [-0.1, -0.05) is 24.3 Å². The van der Waals surface area contributed by atoms with Crippen LogP contribution < -0.4 is 10.5 Å². The molecule has 0 aliphatic carbocycles. The Morgan fingerprint density at radius 2 is 1.90 bits per heavy atom. The number of halogens is 1. The highest BCUT2D eigenvalue weighted by atomic mass is 19.1. The van der Waals surface area contributed by atoms with Crippen LogP contribution in [-0.4, -0.2) is 11.1 Å². The van der Waals surface area contributed by atoms with E-state index in [9.17, 15) is 4.39 Å². The number of ether oxygens (including phenoxy) is 1. The fraction of sp³-hybridized carbons (Fsp3) is 0.250. The Kier molecular flexibility index (Phi) is 4.71. The molecule has 20 heavy (non-hydrogen) atoms. The minimum absolute atomic E-state index is 0.0450. The highest BCUT2D eigenvalue weighted by Crippen LogP contribution is 2.25. The van der Waals surface area contributed by atoms with Crippen molar-refractivity contribution in [2.24, 2.45) is 5.73 Å². The predicted molar refractivity (Wildman–Crippen MR) is 75.8 cm³/mol. The van der Waals surface area contributed by atoms with E-state index in [2.05, 4.69) is 0 Å². The molecule has 2 unspecified atom stereocenters. The highest BCUT2D eigenvalue weighted by molar-refractivity contribution is 5.30. The summed E-state index contributed by atoms with van der Waals surface area (Å²) < 4.78 is 18.9. The van der Waals surface area contributed by atoms with E-state index in [1.54, 1.807) is 24.3 Å². The van der Waals surface area contributed by atoms with Crippen LogP contribution in [0, 0.1) is 5.82 Å². The monoisotopic (exact) mass is 275 g/mol. The number of rotatable bonds is 5. The third-order valence-corrected chi connectivity index (χ3v) is 3.02. The third kappa shape index (κ3) is 3.56. The molecule has 106 valence electrons. The number of hydrogen-bond acceptors (Lipinski definition) is 3. The second-order valence-electron chi connectivity index (χ2n) is 4.75. The summed E-state index contributed by atoms with van der Waals surface area (Å²) in [5.74, 6) is 0.336. The van der Waals surface area contributed by atoms with Gasteiger partial charge in [0.2, 0.25) is 0 Å². The average Bonchev–Trinajstić information content (AvgIpc) is 2.46. The van der Waals surface area contributed by atoms with Gasteiger partial charge in [-0.05, 0) is 42.3 Å². The molecule has 0 radical (unpaired) electrons. The van der Waals surface area contributed by atoms with Gasteiger partial charge < -0.3 is 15.6 Å². The predicted octanol–water partition coefficient (Wildman–Crippen LogP) is 2.79. The summed E-state index contributed by atoms with van der Waals surface area (Å²) in [6.45, 7) is 1.79. The largest absolute Gasteiger partial charge is 0.484 e. The van der Waals surface area contributed by atoms with Gasteiger partial charge in [-0.2, -0.15) is 0 Å². The van der Waals surface area contributed by atoms with E-state index in [-0.39, 0.29) is 24.6 Å². The molecule has 2 atom stereocenters. The summed E-state index contributed by atoms with van der Waals surface area (Å²) in [7, 11) is 0. The van der Waals surface area contributed by atoms with Crippen LogP contribution in [0.4, 0.5) is 4.39 Å². The van der Waals surface area contributed by atoms with Gasteiger partial charge in [0.05, 0.1) is 6.61 Å². The van der Waals surface area contributed by atoms with Crippen molar-refractivity contribution in [3.63, 3.8) is 0 Å². The SMILES string of the molecule is CC(N)C(Oc1cccc(CO)c1)c1ccc(F)cc1. The summed E-state index contributed by atoms with van der Waals surface area (Å²) in [5, 5.41) is 9.13. The molecular weight excluding hydrogens is 257 g/mol. The lowest BCUT2D eigenvalue weighted by atomic mass is 10.0. The molecule has 0 aromatic heterocycles. The first-order valence-corrected chi connectivity index (χ1v) is 6.47. The van der Waals surface area contributed by atoms with Gasteiger partial charge in [0.1, 0.15) is 17.7 Å². The summed E-state index contributed by atoms with van der Waals surface area (Å²) in [6, 6.07) is 13.0. The van der Waals surface area contributed by atoms with Gasteiger partial charge in [0.25, 0.3) is 0 Å². The molecule has 0 amide bonds. The Balaban J connectivity index is 2.23.